The highest BCUT2D eigenvalue weighted by Crippen LogP contribution is 2.17. The van der Waals surface area contributed by atoms with Gasteiger partial charge in [0.05, 0.1) is 5.69 Å². The maximum Gasteiger partial charge on any atom is 0.239 e. The number of nitrogens with two attached hydrogens (primary N) is 1. The summed E-state index contributed by atoms with van der Waals surface area (Å²) in [5, 5.41) is 6.30. The Labute approximate surface area is 67.8 Å². The maximum atomic E-state index is 5.32. The van der Waals surface area contributed by atoms with E-state index in [0.29, 0.717) is 11.6 Å². The average Bonchev–Trinajstić information content (AvgIpc) is 2.58. The molecule has 0 atom stereocenters. The number of nitrogen functional groups attached to an aromatic ring is 1. The number of aryl methyl sites for hydroxylation is 1. The van der Waals surface area contributed by atoms with E-state index >= 15 is 0 Å². The normalized spacial score (nSPS) is 10.4. The largest absolute Gasteiger partial charge is 0.440 e. The van der Waals surface area contributed by atoms with Gasteiger partial charge in [0, 0.05) is 0 Å². The van der Waals surface area contributed by atoms with Crippen LogP contribution in [0.5, 0.6) is 0 Å². The molecule has 0 spiro atoms. The molecule has 6 heteroatoms. The molecule has 0 radical (unpaired) electrons. The number of rotatable bonds is 1. The van der Waals surface area contributed by atoms with Gasteiger partial charge in [-0.05, 0) is 6.92 Å². The second-order valence-corrected chi connectivity index (χ2v) is 2.31. The topological polar surface area (TPSA) is 93.6 Å². The van der Waals surface area contributed by atoms with Gasteiger partial charge in [-0.15, -0.1) is 5.10 Å². The van der Waals surface area contributed by atoms with Gasteiger partial charge in [0.25, 0.3) is 0 Å². The lowest BCUT2D eigenvalue weighted by Gasteiger charge is -1.87. The highest BCUT2D eigenvalue weighted by molar-refractivity contribution is 5.50. The van der Waals surface area contributed by atoms with Gasteiger partial charge in [0.2, 0.25) is 5.95 Å². The molecule has 2 aromatic heterocycles. The van der Waals surface area contributed by atoms with Crippen LogP contribution in [0.3, 0.4) is 0 Å². The second kappa shape index (κ2) is 2.33. The fourth-order valence-electron chi connectivity index (χ4n) is 0.906. The minimum Gasteiger partial charge on any atom is -0.440 e. The summed E-state index contributed by atoms with van der Waals surface area (Å²) in [6, 6.07) is 0. The predicted octanol–water partition coefficient (Wildman–Crippen LogP) is 0.350. The van der Waals surface area contributed by atoms with Crippen molar-refractivity contribution >= 4 is 5.95 Å². The molecule has 0 saturated heterocycles. The van der Waals surface area contributed by atoms with Crippen molar-refractivity contribution in [3.05, 3.63) is 12.1 Å². The molecule has 0 bridgehead atoms. The molecule has 0 aliphatic heterocycles. The van der Waals surface area contributed by atoms with Crippen LogP contribution in [0.25, 0.3) is 11.6 Å². The number of oxazole rings is 1. The summed E-state index contributed by atoms with van der Waals surface area (Å²) in [6.07, 6.45) is 1.35. The number of hydrogen-bond acceptors (Lipinski definition) is 5. The molecule has 0 amide bonds. The number of anilines is 1. The van der Waals surface area contributed by atoms with Crippen LogP contribution >= 0.6 is 0 Å². The molecule has 0 fully saturated rings. The fourth-order valence-corrected chi connectivity index (χ4v) is 0.906. The molecule has 2 aromatic rings. The van der Waals surface area contributed by atoms with E-state index in [1.165, 1.54) is 6.39 Å². The summed E-state index contributed by atoms with van der Waals surface area (Å²) < 4.78 is 5.06. The molecule has 62 valence electrons. The Hall–Kier alpha value is -1.85. The van der Waals surface area contributed by atoms with Gasteiger partial charge in [-0.2, -0.15) is 4.98 Å². The van der Waals surface area contributed by atoms with Crippen molar-refractivity contribution in [3.8, 4) is 11.6 Å². The van der Waals surface area contributed by atoms with Gasteiger partial charge in [-0.1, -0.05) is 0 Å². The summed E-state index contributed by atoms with van der Waals surface area (Å²) in [7, 11) is 0. The lowest BCUT2D eigenvalue weighted by Crippen LogP contribution is -1.85. The summed E-state index contributed by atoms with van der Waals surface area (Å²) >= 11 is 0. The molecule has 6 nitrogen and oxygen atoms in total. The molecule has 2 rings (SSSR count). The Kier molecular flexibility index (Phi) is 1.33. The zero-order chi connectivity index (χ0) is 8.55. The van der Waals surface area contributed by atoms with Gasteiger partial charge in [-0.3, -0.25) is 5.10 Å². The first-order chi connectivity index (χ1) is 5.77. The van der Waals surface area contributed by atoms with Crippen molar-refractivity contribution in [2.75, 3.05) is 5.73 Å². The third-order valence-corrected chi connectivity index (χ3v) is 1.46. The van der Waals surface area contributed by atoms with Crippen LogP contribution in [-0.2, 0) is 0 Å². The quantitative estimate of drug-likeness (QED) is 0.635. The van der Waals surface area contributed by atoms with Crippen LogP contribution in [0.2, 0.25) is 0 Å². The number of aromatic amines is 1. The minimum atomic E-state index is 0.195. The summed E-state index contributed by atoms with van der Waals surface area (Å²) in [6.45, 7) is 1.82. The maximum absolute atomic E-state index is 5.32. The number of nitrogens with one attached hydrogen (secondary N) is 1. The van der Waals surface area contributed by atoms with Crippen molar-refractivity contribution in [2.45, 2.75) is 6.92 Å². The summed E-state index contributed by atoms with van der Waals surface area (Å²) in [5.41, 5.74) is 6.07. The van der Waals surface area contributed by atoms with E-state index in [-0.39, 0.29) is 5.95 Å². The van der Waals surface area contributed by atoms with Crippen LogP contribution in [0.4, 0.5) is 5.95 Å². The third kappa shape index (κ3) is 0.931. The Bertz CT molecular complexity index is 390. The SMILES string of the molecule is Cc1ncoc1-c1nc(N)n[nH]1. The van der Waals surface area contributed by atoms with Crippen molar-refractivity contribution in [2.24, 2.45) is 0 Å². The molecule has 0 aliphatic rings. The Morgan fingerprint density at radius 2 is 2.42 bits per heavy atom. The number of H-pyrrole nitrogens is 1. The molecule has 2 heterocycles. The van der Waals surface area contributed by atoms with E-state index in [0.717, 1.165) is 5.69 Å². The molecular formula is C6H7N5O. The molecular weight excluding hydrogens is 158 g/mol. The number of hydrogen-bond donors (Lipinski definition) is 2. The zero-order valence-electron chi connectivity index (χ0n) is 6.40. The second-order valence-electron chi connectivity index (χ2n) is 2.31. The minimum absolute atomic E-state index is 0.195. The highest BCUT2D eigenvalue weighted by atomic mass is 16.3. The van der Waals surface area contributed by atoms with Crippen molar-refractivity contribution in [3.63, 3.8) is 0 Å². The van der Waals surface area contributed by atoms with E-state index < -0.39 is 0 Å². The lowest BCUT2D eigenvalue weighted by atomic mass is 10.3. The predicted molar refractivity (Wildman–Crippen MR) is 41.0 cm³/mol. The van der Waals surface area contributed by atoms with E-state index in [4.69, 9.17) is 10.2 Å². The van der Waals surface area contributed by atoms with Crippen molar-refractivity contribution < 1.29 is 4.42 Å². The Morgan fingerprint density at radius 3 is 2.92 bits per heavy atom. The van der Waals surface area contributed by atoms with Gasteiger partial charge in [-0.25, -0.2) is 4.98 Å². The van der Waals surface area contributed by atoms with Crippen LogP contribution in [-0.4, -0.2) is 20.2 Å². The van der Waals surface area contributed by atoms with Crippen LogP contribution in [0, 0.1) is 6.92 Å². The van der Waals surface area contributed by atoms with Gasteiger partial charge < -0.3 is 10.2 Å². The highest BCUT2D eigenvalue weighted by Gasteiger charge is 2.10. The van der Waals surface area contributed by atoms with Crippen molar-refractivity contribution in [1.29, 1.82) is 0 Å². The lowest BCUT2D eigenvalue weighted by molar-refractivity contribution is 0.567. The first-order valence-electron chi connectivity index (χ1n) is 3.35. The first-order valence-corrected chi connectivity index (χ1v) is 3.35. The molecule has 0 saturated carbocycles. The Balaban J connectivity index is 2.50. The number of aromatic nitrogens is 4. The molecule has 12 heavy (non-hydrogen) atoms. The van der Waals surface area contributed by atoms with Crippen LogP contribution in [0.15, 0.2) is 10.8 Å². The zero-order valence-corrected chi connectivity index (χ0v) is 6.40. The van der Waals surface area contributed by atoms with Crippen LogP contribution in [0.1, 0.15) is 5.69 Å². The van der Waals surface area contributed by atoms with Gasteiger partial charge >= 0.3 is 0 Å². The van der Waals surface area contributed by atoms with Gasteiger partial charge in [0.1, 0.15) is 0 Å². The molecule has 0 aromatic carbocycles. The van der Waals surface area contributed by atoms with E-state index in [1.807, 2.05) is 6.92 Å². The smallest absolute Gasteiger partial charge is 0.239 e. The van der Waals surface area contributed by atoms with Gasteiger partial charge in [0.15, 0.2) is 18.0 Å². The van der Waals surface area contributed by atoms with Crippen molar-refractivity contribution in [1.82, 2.24) is 20.2 Å². The molecule has 0 unspecified atom stereocenters. The monoisotopic (exact) mass is 165 g/mol. The molecule has 3 N–H and O–H groups in total. The van der Waals surface area contributed by atoms with Crippen LogP contribution < -0.4 is 5.73 Å². The molecule has 0 aliphatic carbocycles. The Morgan fingerprint density at radius 1 is 1.58 bits per heavy atom. The first kappa shape index (κ1) is 6.84. The number of nitrogens with zero attached hydrogens (tertiary/aromatic N) is 3. The fraction of sp³-hybridized carbons (Fsp3) is 0.167. The van der Waals surface area contributed by atoms with E-state index in [2.05, 4.69) is 20.2 Å². The average molecular weight is 165 g/mol. The standard InChI is InChI=1S/C6H7N5O/c1-3-4(12-2-8-3)5-9-6(7)11-10-5/h2H,1H3,(H3,7,9,10,11). The van der Waals surface area contributed by atoms with E-state index in [1.54, 1.807) is 0 Å². The van der Waals surface area contributed by atoms with E-state index in [9.17, 15) is 0 Å². The summed E-state index contributed by atoms with van der Waals surface area (Å²) in [4.78, 5) is 7.80. The third-order valence-electron chi connectivity index (χ3n) is 1.46. The summed E-state index contributed by atoms with van der Waals surface area (Å²) in [5.74, 6) is 1.27.